The van der Waals surface area contributed by atoms with Crippen LogP contribution in [0.25, 0.3) is 0 Å². The minimum Gasteiger partial charge on any atom is -0.444 e. The Balaban J connectivity index is 4.04. The molecule has 0 radical (unpaired) electrons. The molecule has 0 spiro atoms. The van der Waals surface area contributed by atoms with E-state index in [1.807, 2.05) is 34.6 Å². The number of amides is 1. The van der Waals surface area contributed by atoms with Crippen LogP contribution in [0.15, 0.2) is 0 Å². The van der Waals surface area contributed by atoms with Crippen LogP contribution in [0, 0.1) is 5.92 Å². The van der Waals surface area contributed by atoms with Gasteiger partial charge in [-0.3, -0.25) is 0 Å². The van der Waals surface area contributed by atoms with Crippen molar-refractivity contribution >= 4 is 18.7 Å². The molecule has 0 aromatic carbocycles. The van der Waals surface area contributed by atoms with Crippen molar-refractivity contribution in [1.82, 2.24) is 5.32 Å². The molecule has 4 heteroatoms. The lowest BCUT2D eigenvalue weighted by molar-refractivity contribution is 0.0497. The molecule has 0 aromatic heterocycles. The van der Waals surface area contributed by atoms with E-state index in [1.165, 1.54) is 0 Å². The van der Waals surface area contributed by atoms with Gasteiger partial charge in [-0.25, -0.2) is 4.79 Å². The lowest BCUT2D eigenvalue weighted by atomic mass is 10.1. The molecule has 1 amide bonds. The highest BCUT2D eigenvalue weighted by molar-refractivity contribution is 7.80. The van der Waals surface area contributed by atoms with Crippen LogP contribution in [0.5, 0.6) is 0 Å². The minimum atomic E-state index is -0.442. The Morgan fingerprint density at radius 3 is 2.21 bits per heavy atom. The summed E-state index contributed by atoms with van der Waals surface area (Å²) in [4.78, 5) is 11.4. The molecule has 0 saturated carbocycles. The molecular weight excluding hydrogens is 198 g/mol. The minimum absolute atomic E-state index is 0.0631. The summed E-state index contributed by atoms with van der Waals surface area (Å²) in [5.74, 6) is 0.983. The fourth-order valence-corrected chi connectivity index (χ4v) is 1.39. The van der Waals surface area contributed by atoms with Crippen molar-refractivity contribution in [2.24, 2.45) is 5.92 Å². The molecule has 1 N–H and O–H groups in total. The van der Waals surface area contributed by atoms with E-state index in [2.05, 4.69) is 17.9 Å². The Labute approximate surface area is 92.0 Å². The van der Waals surface area contributed by atoms with Crippen LogP contribution in [0.2, 0.25) is 0 Å². The predicted molar refractivity (Wildman–Crippen MR) is 61.8 cm³/mol. The highest BCUT2D eigenvalue weighted by Gasteiger charge is 2.20. The van der Waals surface area contributed by atoms with Crippen LogP contribution in [0.3, 0.4) is 0 Å². The molecule has 0 aliphatic rings. The molecule has 0 aliphatic heterocycles. The summed E-state index contributed by atoms with van der Waals surface area (Å²) < 4.78 is 5.14. The van der Waals surface area contributed by atoms with Gasteiger partial charge in [0.15, 0.2) is 0 Å². The number of hydrogen-bond donors (Lipinski definition) is 2. The van der Waals surface area contributed by atoms with Gasteiger partial charge in [0.05, 0.1) is 0 Å². The summed E-state index contributed by atoms with van der Waals surface area (Å²) in [5.41, 5.74) is -0.442. The number of alkyl carbamates (subject to hydrolysis) is 1. The van der Waals surface area contributed by atoms with Crippen LogP contribution < -0.4 is 5.32 Å². The van der Waals surface area contributed by atoms with E-state index < -0.39 is 5.60 Å². The smallest absolute Gasteiger partial charge is 0.407 e. The molecular formula is C10H21NO2S. The maximum Gasteiger partial charge on any atom is 0.407 e. The molecule has 14 heavy (non-hydrogen) atoms. The SMILES string of the molecule is CC(C)[C@@H](CS)NC(=O)OC(C)(C)C. The van der Waals surface area contributed by atoms with Gasteiger partial charge in [0.2, 0.25) is 0 Å². The molecule has 0 aliphatic carbocycles. The third-order valence-electron chi connectivity index (χ3n) is 1.70. The molecule has 0 unspecified atom stereocenters. The first-order valence-corrected chi connectivity index (χ1v) is 5.50. The lowest BCUT2D eigenvalue weighted by Gasteiger charge is -2.24. The molecule has 0 bridgehead atoms. The lowest BCUT2D eigenvalue weighted by Crippen LogP contribution is -2.42. The van der Waals surface area contributed by atoms with Crippen molar-refractivity contribution < 1.29 is 9.53 Å². The zero-order valence-electron chi connectivity index (χ0n) is 9.63. The standard InChI is InChI=1S/C10H21NO2S/c1-7(2)8(6-14)11-9(12)13-10(3,4)5/h7-8,14H,6H2,1-5H3,(H,11,12)/t8-/m1/s1. The van der Waals surface area contributed by atoms with Crippen molar-refractivity contribution in [3.63, 3.8) is 0 Å². The Morgan fingerprint density at radius 2 is 1.93 bits per heavy atom. The van der Waals surface area contributed by atoms with Gasteiger partial charge in [0.25, 0.3) is 0 Å². The summed E-state index contributed by atoms with van der Waals surface area (Å²) in [7, 11) is 0. The van der Waals surface area contributed by atoms with E-state index in [1.54, 1.807) is 0 Å². The van der Waals surface area contributed by atoms with E-state index in [9.17, 15) is 4.79 Å². The van der Waals surface area contributed by atoms with Crippen LogP contribution in [0.1, 0.15) is 34.6 Å². The van der Waals surface area contributed by atoms with Crippen molar-refractivity contribution in [3.8, 4) is 0 Å². The van der Waals surface area contributed by atoms with Gasteiger partial charge in [0.1, 0.15) is 5.60 Å². The van der Waals surface area contributed by atoms with Gasteiger partial charge >= 0.3 is 6.09 Å². The Morgan fingerprint density at radius 1 is 1.43 bits per heavy atom. The summed E-state index contributed by atoms with van der Waals surface area (Å²) >= 11 is 4.17. The molecule has 0 fully saturated rings. The fourth-order valence-electron chi connectivity index (χ4n) is 0.882. The summed E-state index contributed by atoms with van der Waals surface area (Å²) in [6.45, 7) is 9.61. The number of hydrogen-bond acceptors (Lipinski definition) is 3. The third kappa shape index (κ3) is 6.13. The monoisotopic (exact) mass is 219 g/mol. The van der Waals surface area contributed by atoms with Gasteiger partial charge in [-0.15, -0.1) is 0 Å². The first-order chi connectivity index (χ1) is 6.26. The fraction of sp³-hybridized carbons (Fsp3) is 0.900. The number of rotatable bonds is 3. The summed E-state index contributed by atoms with van der Waals surface area (Å²) in [6.07, 6.45) is -0.370. The molecule has 3 nitrogen and oxygen atoms in total. The second kappa shape index (κ2) is 5.49. The maximum absolute atomic E-state index is 11.4. The normalized spacial score (nSPS) is 13.9. The maximum atomic E-state index is 11.4. The van der Waals surface area contributed by atoms with E-state index in [0.29, 0.717) is 11.7 Å². The van der Waals surface area contributed by atoms with Crippen LogP contribution >= 0.6 is 12.6 Å². The zero-order chi connectivity index (χ0) is 11.4. The van der Waals surface area contributed by atoms with Crippen molar-refractivity contribution in [2.75, 3.05) is 5.75 Å². The van der Waals surface area contributed by atoms with E-state index in [0.717, 1.165) is 0 Å². The molecule has 84 valence electrons. The largest absolute Gasteiger partial charge is 0.444 e. The Kier molecular flexibility index (Phi) is 5.34. The average Bonchev–Trinajstić information content (AvgIpc) is 1.96. The second-order valence-corrected chi connectivity index (χ2v) is 5.04. The molecule has 1 atom stereocenters. The number of carbonyl (C=O) groups excluding carboxylic acids is 1. The number of thiol groups is 1. The van der Waals surface area contributed by atoms with Crippen LogP contribution in [0.4, 0.5) is 4.79 Å². The number of ether oxygens (including phenoxy) is 1. The van der Waals surface area contributed by atoms with Gasteiger partial charge in [0, 0.05) is 11.8 Å². The highest BCUT2D eigenvalue weighted by atomic mass is 32.1. The molecule has 0 heterocycles. The Hall–Kier alpha value is -0.380. The second-order valence-electron chi connectivity index (χ2n) is 4.68. The van der Waals surface area contributed by atoms with Gasteiger partial charge in [-0.2, -0.15) is 12.6 Å². The number of carbonyl (C=O) groups is 1. The molecule has 0 aromatic rings. The first-order valence-electron chi connectivity index (χ1n) is 4.86. The van der Waals surface area contributed by atoms with E-state index in [-0.39, 0.29) is 12.1 Å². The van der Waals surface area contributed by atoms with Crippen molar-refractivity contribution in [2.45, 2.75) is 46.3 Å². The highest BCUT2D eigenvalue weighted by Crippen LogP contribution is 2.09. The van der Waals surface area contributed by atoms with Crippen LogP contribution in [-0.4, -0.2) is 23.5 Å². The van der Waals surface area contributed by atoms with Gasteiger partial charge in [-0.1, -0.05) is 13.8 Å². The van der Waals surface area contributed by atoms with Gasteiger partial charge < -0.3 is 10.1 Å². The quantitative estimate of drug-likeness (QED) is 0.716. The number of nitrogens with one attached hydrogen (secondary N) is 1. The first kappa shape index (κ1) is 13.6. The molecule has 0 saturated heterocycles. The summed E-state index contributed by atoms with van der Waals surface area (Å²) in [6, 6.07) is 0.0631. The van der Waals surface area contributed by atoms with Crippen LogP contribution in [-0.2, 0) is 4.74 Å². The van der Waals surface area contributed by atoms with E-state index >= 15 is 0 Å². The summed E-state index contributed by atoms with van der Waals surface area (Å²) in [5, 5.41) is 2.79. The average molecular weight is 219 g/mol. The zero-order valence-corrected chi connectivity index (χ0v) is 10.5. The van der Waals surface area contributed by atoms with E-state index in [4.69, 9.17) is 4.74 Å². The molecule has 0 rings (SSSR count). The topological polar surface area (TPSA) is 38.3 Å². The van der Waals surface area contributed by atoms with Crippen molar-refractivity contribution in [1.29, 1.82) is 0 Å². The third-order valence-corrected chi connectivity index (χ3v) is 2.10. The van der Waals surface area contributed by atoms with Crippen molar-refractivity contribution in [3.05, 3.63) is 0 Å². The predicted octanol–water partition coefficient (Wildman–Crippen LogP) is 2.47. The Bertz CT molecular complexity index is 187. The van der Waals surface area contributed by atoms with Gasteiger partial charge in [-0.05, 0) is 26.7 Å².